The van der Waals surface area contributed by atoms with Crippen LogP contribution < -0.4 is 10.2 Å². The quantitative estimate of drug-likeness (QED) is 0.776. The molecule has 0 bridgehead atoms. The summed E-state index contributed by atoms with van der Waals surface area (Å²) in [6, 6.07) is 5.91. The smallest absolute Gasteiger partial charge is 0.321 e. The first kappa shape index (κ1) is 9.21. The number of hydrogen-bond donors (Lipinski definition) is 1. The number of aromatic nitrogens is 2. The molecule has 2 amide bonds. The van der Waals surface area contributed by atoms with Crippen LogP contribution in [0.25, 0.3) is 10.9 Å². The van der Waals surface area contributed by atoms with E-state index in [-0.39, 0.29) is 6.03 Å². The molecule has 0 saturated carbocycles. The van der Waals surface area contributed by atoms with E-state index in [1.807, 2.05) is 36.1 Å². The lowest BCUT2D eigenvalue weighted by molar-refractivity contribution is 0.252. The van der Waals surface area contributed by atoms with Crippen molar-refractivity contribution in [1.29, 1.82) is 0 Å². The third-order valence-electron chi connectivity index (χ3n) is 2.90. The van der Waals surface area contributed by atoms with Gasteiger partial charge in [0.25, 0.3) is 0 Å². The SMILES string of the molecule is Cn1ncc2cc(N3CCNC3=O)ccc21. The zero-order chi connectivity index (χ0) is 11.1. The van der Waals surface area contributed by atoms with Crippen molar-refractivity contribution in [2.24, 2.45) is 7.05 Å². The lowest BCUT2D eigenvalue weighted by Gasteiger charge is -2.13. The molecule has 0 unspecified atom stereocenters. The number of nitrogens with zero attached hydrogens (tertiary/aromatic N) is 3. The van der Waals surface area contributed by atoms with Gasteiger partial charge in [0.05, 0.1) is 11.7 Å². The number of amides is 2. The molecule has 0 aliphatic carbocycles. The predicted octanol–water partition coefficient (Wildman–Crippen LogP) is 1.10. The van der Waals surface area contributed by atoms with Crippen molar-refractivity contribution in [3.63, 3.8) is 0 Å². The Morgan fingerprint density at radius 3 is 3.06 bits per heavy atom. The van der Waals surface area contributed by atoms with E-state index >= 15 is 0 Å². The van der Waals surface area contributed by atoms with Gasteiger partial charge in [-0.2, -0.15) is 5.10 Å². The number of benzene rings is 1. The lowest BCUT2D eigenvalue weighted by Crippen LogP contribution is -2.27. The Kier molecular flexibility index (Phi) is 1.86. The summed E-state index contributed by atoms with van der Waals surface area (Å²) in [4.78, 5) is 13.3. The van der Waals surface area contributed by atoms with Crippen LogP contribution in [-0.2, 0) is 7.05 Å². The van der Waals surface area contributed by atoms with Gasteiger partial charge < -0.3 is 5.32 Å². The van der Waals surface area contributed by atoms with E-state index in [0.717, 1.165) is 23.1 Å². The van der Waals surface area contributed by atoms with E-state index in [1.165, 1.54) is 0 Å². The van der Waals surface area contributed by atoms with Crippen LogP contribution in [0.15, 0.2) is 24.4 Å². The van der Waals surface area contributed by atoms with Gasteiger partial charge in [-0.15, -0.1) is 0 Å². The summed E-state index contributed by atoms with van der Waals surface area (Å²) in [6.45, 7) is 1.44. The Morgan fingerprint density at radius 1 is 1.44 bits per heavy atom. The highest BCUT2D eigenvalue weighted by atomic mass is 16.2. The molecule has 5 nitrogen and oxygen atoms in total. The van der Waals surface area contributed by atoms with Gasteiger partial charge in [-0.1, -0.05) is 0 Å². The summed E-state index contributed by atoms with van der Waals surface area (Å²) >= 11 is 0. The summed E-state index contributed by atoms with van der Waals surface area (Å²) in [5, 5.41) is 8.02. The van der Waals surface area contributed by atoms with Crippen LogP contribution in [0.2, 0.25) is 0 Å². The standard InChI is InChI=1S/C11H12N4O/c1-14-10-3-2-9(6-8(10)7-13-14)15-5-4-12-11(15)16/h2-3,6-7H,4-5H2,1H3,(H,12,16). The maximum atomic E-state index is 11.5. The molecule has 5 heteroatoms. The minimum Gasteiger partial charge on any atom is -0.336 e. The Labute approximate surface area is 92.6 Å². The van der Waals surface area contributed by atoms with Crippen LogP contribution in [-0.4, -0.2) is 28.9 Å². The number of carbonyl (C=O) groups excluding carboxylic acids is 1. The molecule has 1 aliphatic heterocycles. The first-order valence-corrected chi connectivity index (χ1v) is 5.23. The van der Waals surface area contributed by atoms with E-state index in [9.17, 15) is 4.79 Å². The van der Waals surface area contributed by atoms with Gasteiger partial charge in [0, 0.05) is 31.2 Å². The zero-order valence-corrected chi connectivity index (χ0v) is 8.97. The van der Waals surface area contributed by atoms with E-state index < -0.39 is 0 Å². The fourth-order valence-electron chi connectivity index (χ4n) is 2.04. The maximum Gasteiger partial charge on any atom is 0.321 e. The Morgan fingerprint density at radius 2 is 2.31 bits per heavy atom. The topological polar surface area (TPSA) is 50.2 Å². The summed E-state index contributed by atoms with van der Waals surface area (Å²) in [5.41, 5.74) is 2.00. The monoisotopic (exact) mass is 216 g/mol. The van der Waals surface area contributed by atoms with Crippen molar-refractivity contribution >= 4 is 22.6 Å². The third kappa shape index (κ3) is 1.25. The molecule has 0 spiro atoms. The van der Waals surface area contributed by atoms with Gasteiger partial charge in [0.2, 0.25) is 0 Å². The molecular formula is C11H12N4O. The molecule has 1 aromatic heterocycles. The number of fused-ring (bicyclic) bond motifs is 1. The molecule has 16 heavy (non-hydrogen) atoms. The summed E-state index contributed by atoms with van der Waals surface area (Å²) < 4.78 is 1.82. The number of rotatable bonds is 1. The van der Waals surface area contributed by atoms with Crippen molar-refractivity contribution in [2.75, 3.05) is 18.0 Å². The second-order valence-corrected chi connectivity index (χ2v) is 3.89. The van der Waals surface area contributed by atoms with E-state index in [4.69, 9.17) is 0 Å². The number of anilines is 1. The molecule has 1 fully saturated rings. The fraction of sp³-hybridized carbons (Fsp3) is 0.273. The normalized spacial score (nSPS) is 15.8. The number of urea groups is 1. The van der Waals surface area contributed by atoms with E-state index in [2.05, 4.69) is 10.4 Å². The number of nitrogens with one attached hydrogen (secondary N) is 1. The number of aryl methyl sites for hydroxylation is 1. The summed E-state index contributed by atoms with van der Waals surface area (Å²) in [6.07, 6.45) is 1.81. The van der Waals surface area contributed by atoms with Crippen LogP contribution in [0.4, 0.5) is 10.5 Å². The number of hydrogen-bond acceptors (Lipinski definition) is 2. The van der Waals surface area contributed by atoms with Crippen LogP contribution >= 0.6 is 0 Å². The average Bonchev–Trinajstić information content (AvgIpc) is 2.86. The van der Waals surface area contributed by atoms with Crippen molar-refractivity contribution < 1.29 is 4.79 Å². The van der Waals surface area contributed by atoms with Gasteiger partial charge in [-0.3, -0.25) is 9.58 Å². The van der Waals surface area contributed by atoms with Crippen LogP contribution in [0.3, 0.4) is 0 Å². The van der Waals surface area contributed by atoms with E-state index in [1.54, 1.807) is 4.90 Å². The zero-order valence-electron chi connectivity index (χ0n) is 8.97. The first-order valence-electron chi connectivity index (χ1n) is 5.23. The van der Waals surface area contributed by atoms with Crippen LogP contribution in [0, 0.1) is 0 Å². The fourth-order valence-corrected chi connectivity index (χ4v) is 2.04. The van der Waals surface area contributed by atoms with Crippen LogP contribution in [0.5, 0.6) is 0 Å². The summed E-state index contributed by atoms with van der Waals surface area (Å²) in [7, 11) is 1.91. The molecule has 2 aromatic rings. The molecular weight excluding hydrogens is 204 g/mol. The van der Waals surface area contributed by atoms with Crippen LogP contribution in [0.1, 0.15) is 0 Å². The minimum absolute atomic E-state index is 0.0248. The second kappa shape index (κ2) is 3.23. The van der Waals surface area contributed by atoms with Gasteiger partial charge in [-0.05, 0) is 18.2 Å². The molecule has 1 N–H and O–H groups in total. The van der Waals surface area contributed by atoms with Gasteiger partial charge in [0.1, 0.15) is 0 Å². The van der Waals surface area contributed by atoms with E-state index in [0.29, 0.717) is 6.54 Å². The Bertz CT molecular complexity index is 560. The van der Waals surface area contributed by atoms with Crippen molar-refractivity contribution in [2.45, 2.75) is 0 Å². The highest BCUT2D eigenvalue weighted by Gasteiger charge is 2.21. The minimum atomic E-state index is -0.0248. The van der Waals surface area contributed by atoms with Crippen molar-refractivity contribution in [1.82, 2.24) is 15.1 Å². The molecule has 1 saturated heterocycles. The highest BCUT2D eigenvalue weighted by Crippen LogP contribution is 2.22. The highest BCUT2D eigenvalue weighted by molar-refractivity contribution is 5.96. The predicted molar refractivity (Wildman–Crippen MR) is 61.5 cm³/mol. The molecule has 1 aliphatic rings. The maximum absolute atomic E-state index is 11.5. The number of carbonyl (C=O) groups is 1. The van der Waals surface area contributed by atoms with Crippen molar-refractivity contribution in [3.8, 4) is 0 Å². The molecule has 3 rings (SSSR count). The molecule has 1 aromatic carbocycles. The van der Waals surface area contributed by atoms with Gasteiger partial charge in [-0.25, -0.2) is 4.79 Å². The second-order valence-electron chi connectivity index (χ2n) is 3.89. The molecule has 0 atom stereocenters. The Balaban J connectivity index is 2.08. The molecule has 2 heterocycles. The van der Waals surface area contributed by atoms with Gasteiger partial charge >= 0.3 is 6.03 Å². The third-order valence-corrected chi connectivity index (χ3v) is 2.90. The molecule has 0 radical (unpaired) electrons. The molecule has 82 valence electrons. The summed E-state index contributed by atoms with van der Waals surface area (Å²) in [5.74, 6) is 0. The van der Waals surface area contributed by atoms with Crippen molar-refractivity contribution in [3.05, 3.63) is 24.4 Å². The largest absolute Gasteiger partial charge is 0.336 e. The Hall–Kier alpha value is -2.04. The van der Waals surface area contributed by atoms with Gasteiger partial charge in [0.15, 0.2) is 0 Å². The first-order chi connectivity index (χ1) is 7.75. The lowest BCUT2D eigenvalue weighted by atomic mass is 10.2. The average molecular weight is 216 g/mol.